The summed E-state index contributed by atoms with van der Waals surface area (Å²) in [7, 11) is 4.70. The van der Waals surface area contributed by atoms with Crippen molar-refractivity contribution in [3.05, 3.63) is 83.5 Å². The van der Waals surface area contributed by atoms with Gasteiger partial charge in [-0.1, -0.05) is 23.7 Å². The van der Waals surface area contributed by atoms with Crippen LogP contribution in [0.4, 0.5) is 5.95 Å². The fourth-order valence-electron chi connectivity index (χ4n) is 4.37. The van der Waals surface area contributed by atoms with Crippen molar-refractivity contribution in [3.8, 4) is 34.2 Å². The van der Waals surface area contributed by atoms with Gasteiger partial charge in [-0.2, -0.15) is 0 Å². The second-order valence-corrected chi connectivity index (χ2v) is 9.74. The van der Waals surface area contributed by atoms with Crippen LogP contribution >= 0.6 is 11.6 Å². The van der Waals surface area contributed by atoms with E-state index in [9.17, 15) is 9.59 Å². The number of ether oxygens (including phenoxy) is 3. The lowest BCUT2D eigenvalue weighted by molar-refractivity contribution is -0.117. The molecular weight excluding hydrogens is 532 g/mol. The lowest BCUT2D eigenvalue weighted by Crippen LogP contribution is -2.39. The van der Waals surface area contributed by atoms with E-state index in [1.54, 1.807) is 79.3 Å². The van der Waals surface area contributed by atoms with E-state index in [1.807, 2.05) is 24.4 Å². The number of nitrogens with zero attached hydrogens (tertiary/aromatic N) is 3. The number of halogens is 1. The van der Waals surface area contributed by atoms with Crippen LogP contribution < -0.4 is 19.5 Å². The number of hydrogen-bond donors (Lipinski definition) is 1. The van der Waals surface area contributed by atoms with Crippen molar-refractivity contribution >= 4 is 29.4 Å². The second-order valence-electron chi connectivity index (χ2n) is 9.31. The SMILES string of the molecule is COc1ccc(C(=O)N(CC(=O)Nc2nc(-c3ccc(Cl)cc3)cn2-c2ccc(OC)c(OC)c2)C2CC2)cc1. The monoisotopic (exact) mass is 560 g/mol. The number of anilines is 1. The fraction of sp³-hybridized carbons (Fsp3) is 0.233. The Bertz CT molecular complexity index is 1510. The summed E-state index contributed by atoms with van der Waals surface area (Å²) in [6.07, 6.45) is 3.54. The Morgan fingerprint density at radius 3 is 2.27 bits per heavy atom. The topological polar surface area (TPSA) is 94.9 Å². The molecule has 2 amide bonds. The number of carbonyl (C=O) groups is 2. The van der Waals surface area contributed by atoms with Gasteiger partial charge in [-0.05, 0) is 61.4 Å². The number of benzene rings is 3. The van der Waals surface area contributed by atoms with Gasteiger partial charge in [-0.25, -0.2) is 4.98 Å². The van der Waals surface area contributed by atoms with Crippen LogP contribution in [0, 0.1) is 0 Å². The van der Waals surface area contributed by atoms with Crippen LogP contribution in [0.1, 0.15) is 23.2 Å². The molecule has 1 heterocycles. The highest BCUT2D eigenvalue weighted by molar-refractivity contribution is 6.30. The van der Waals surface area contributed by atoms with Gasteiger partial charge in [0, 0.05) is 34.5 Å². The molecule has 1 aliphatic carbocycles. The molecule has 0 aliphatic heterocycles. The van der Waals surface area contributed by atoms with Gasteiger partial charge < -0.3 is 19.1 Å². The molecule has 1 fully saturated rings. The lowest BCUT2D eigenvalue weighted by atomic mass is 10.2. The standard InChI is InChI=1S/C30H29ClN4O5/c1-38-24-13-6-20(7-14-24)29(37)34(22-10-11-22)18-28(36)33-30-32-25(19-4-8-21(31)9-5-19)17-35(30)23-12-15-26(39-2)27(16-23)40-3/h4-9,12-17,22H,10-11,18H2,1-3H3,(H,32,33,36). The summed E-state index contributed by atoms with van der Waals surface area (Å²) in [6, 6.07) is 19.6. The molecule has 40 heavy (non-hydrogen) atoms. The third-order valence-electron chi connectivity index (χ3n) is 6.64. The number of imidazole rings is 1. The van der Waals surface area contributed by atoms with Crippen molar-refractivity contribution in [1.29, 1.82) is 0 Å². The minimum atomic E-state index is -0.358. The van der Waals surface area contributed by atoms with Crippen LogP contribution in [0.2, 0.25) is 5.02 Å². The van der Waals surface area contributed by atoms with Gasteiger partial charge in [-0.15, -0.1) is 0 Å². The van der Waals surface area contributed by atoms with Gasteiger partial charge in [0.05, 0.1) is 32.7 Å². The Morgan fingerprint density at radius 2 is 1.65 bits per heavy atom. The van der Waals surface area contributed by atoms with Crippen molar-refractivity contribution in [2.45, 2.75) is 18.9 Å². The summed E-state index contributed by atoms with van der Waals surface area (Å²) >= 11 is 6.08. The van der Waals surface area contributed by atoms with Gasteiger partial charge in [0.15, 0.2) is 11.5 Å². The summed E-state index contributed by atoms with van der Waals surface area (Å²) in [4.78, 5) is 33.0. The number of methoxy groups -OCH3 is 3. The van der Waals surface area contributed by atoms with Crippen molar-refractivity contribution in [2.75, 3.05) is 33.2 Å². The smallest absolute Gasteiger partial charge is 0.254 e. The van der Waals surface area contributed by atoms with Crippen LogP contribution in [0.3, 0.4) is 0 Å². The van der Waals surface area contributed by atoms with Gasteiger partial charge in [0.2, 0.25) is 11.9 Å². The van der Waals surface area contributed by atoms with Crippen molar-refractivity contribution in [3.63, 3.8) is 0 Å². The van der Waals surface area contributed by atoms with Crippen LogP contribution in [-0.2, 0) is 4.79 Å². The highest BCUT2D eigenvalue weighted by Gasteiger charge is 2.34. The van der Waals surface area contributed by atoms with Crippen molar-refractivity contribution in [2.24, 2.45) is 0 Å². The van der Waals surface area contributed by atoms with Gasteiger partial charge >= 0.3 is 0 Å². The lowest BCUT2D eigenvalue weighted by Gasteiger charge is -2.22. The number of aromatic nitrogens is 2. The van der Waals surface area contributed by atoms with Gasteiger partial charge in [-0.3, -0.25) is 19.5 Å². The van der Waals surface area contributed by atoms with E-state index in [2.05, 4.69) is 5.32 Å². The maximum absolute atomic E-state index is 13.3. The molecule has 1 saturated carbocycles. The molecule has 1 N–H and O–H groups in total. The highest BCUT2D eigenvalue weighted by Crippen LogP contribution is 2.33. The Morgan fingerprint density at radius 1 is 0.950 bits per heavy atom. The summed E-state index contributed by atoms with van der Waals surface area (Å²) in [6.45, 7) is -0.107. The first-order valence-corrected chi connectivity index (χ1v) is 13.1. The normalized spacial score (nSPS) is 12.5. The number of carbonyl (C=O) groups excluding carboxylic acids is 2. The molecule has 0 atom stereocenters. The predicted octanol–water partition coefficient (Wildman–Crippen LogP) is 5.46. The third-order valence-corrected chi connectivity index (χ3v) is 6.89. The number of hydrogen-bond acceptors (Lipinski definition) is 6. The van der Waals surface area contributed by atoms with E-state index < -0.39 is 0 Å². The maximum Gasteiger partial charge on any atom is 0.254 e. The maximum atomic E-state index is 13.3. The van der Waals surface area contributed by atoms with E-state index >= 15 is 0 Å². The van der Waals surface area contributed by atoms with Crippen molar-refractivity contribution < 1.29 is 23.8 Å². The zero-order chi connectivity index (χ0) is 28.2. The van der Waals surface area contributed by atoms with E-state index in [-0.39, 0.29) is 24.4 Å². The summed E-state index contributed by atoms with van der Waals surface area (Å²) in [5, 5.41) is 3.52. The summed E-state index contributed by atoms with van der Waals surface area (Å²) < 4.78 is 17.8. The molecule has 4 aromatic rings. The van der Waals surface area contributed by atoms with E-state index in [4.69, 9.17) is 30.8 Å². The predicted molar refractivity (Wildman–Crippen MR) is 153 cm³/mol. The largest absolute Gasteiger partial charge is 0.497 e. The molecular formula is C30H29ClN4O5. The molecule has 1 aromatic heterocycles. The minimum Gasteiger partial charge on any atom is -0.497 e. The molecule has 206 valence electrons. The molecule has 9 nitrogen and oxygen atoms in total. The molecule has 0 unspecified atom stereocenters. The molecule has 0 spiro atoms. The number of rotatable bonds is 10. The molecule has 0 radical (unpaired) electrons. The van der Waals surface area contributed by atoms with Gasteiger partial charge in [0.1, 0.15) is 12.3 Å². The van der Waals surface area contributed by atoms with E-state index in [0.29, 0.717) is 45.2 Å². The average Bonchev–Trinajstić information content (AvgIpc) is 3.75. The minimum absolute atomic E-state index is 0.0237. The van der Waals surface area contributed by atoms with E-state index in [1.165, 1.54) is 0 Å². The van der Waals surface area contributed by atoms with Crippen LogP contribution in [0.25, 0.3) is 16.9 Å². The Balaban J connectivity index is 1.43. The zero-order valence-electron chi connectivity index (χ0n) is 22.4. The molecule has 3 aromatic carbocycles. The first-order valence-electron chi connectivity index (χ1n) is 12.7. The first-order chi connectivity index (χ1) is 19.4. The Labute approximate surface area is 237 Å². The summed E-state index contributed by atoms with van der Waals surface area (Å²) in [5.74, 6) is 1.51. The zero-order valence-corrected chi connectivity index (χ0v) is 23.1. The third kappa shape index (κ3) is 5.89. The van der Waals surface area contributed by atoms with Crippen LogP contribution in [0.15, 0.2) is 72.9 Å². The molecule has 0 bridgehead atoms. The quantitative estimate of drug-likeness (QED) is 0.277. The fourth-order valence-corrected chi connectivity index (χ4v) is 4.50. The molecule has 0 saturated heterocycles. The summed E-state index contributed by atoms with van der Waals surface area (Å²) in [5.41, 5.74) is 2.66. The first kappa shape index (κ1) is 27.1. The highest BCUT2D eigenvalue weighted by atomic mass is 35.5. The average molecular weight is 561 g/mol. The second kappa shape index (κ2) is 11.7. The Hall–Kier alpha value is -4.50. The number of amides is 2. The molecule has 1 aliphatic rings. The van der Waals surface area contributed by atoms with Crippen LogP contribution in [-0.4, -0.2) is 60.2 Å². The number of nitrogens with one attached hydrogen (secondary N) is 1. The van der Waals surface area contributed by atoms with Crippen LogP contribution in [0.5, 0.6) is 17.2 Å². The molecule has 5 rings (SSSR count). The molecule has 10 heteroatoms. The van der Waals surface area contributed by atoms with E-state index in [0.717, 1.165) is 18.4 Å². The van der Waals surface area contributed by atoms with Crippen molar-refractivity contribution in [1.82, 2.24) is 14.5 Å². The Kier molecular flexibility index (Phi) is 7.93. The van der Waals surface area contributed by atoms with Gasteiger partial charge in [0.25, 0.3) is 5.91 Å².